The number of aryl methyl sites for hydroxylation is 1. The third kappa shape index (κ3) is 2.85. The average Bonchev–Trinajstić information content (AvgIpc) is 2.35. The lowest BCUT2D eigenvalue weighted by Crippen LogP contribution is -2.16. The fraction of sp³-hybridized carbons (Fsp3) is 0.0769. The lowest BCUT2D eigenvalue weighted by Gasteiger charge is -2.09. The number of pyridine rings is 1. The van der Waals surface area contributed by atoms with Gasteiger partial charge in [0.2, 0.25) is 0 Å². The number of nitrogens with two attached hydrogens (primary N) is 1. The van der Waals surface area contributed by atoms with Crippen molar-refractivity contribution < 1.29 is 13.6 Å². The Hall–Kier alpha value is -2.50. The van der Waals surface area contributed by atoms with Crippen molar-refractivity contribution in [3.63, 3.8) is 0 Å². The topological polar surface area (TPSA) is 68.0 Å². The van der Waals surface area contributed by atoms with Gasteiger partial charge in [0.05, 0.1) is 11.8 Å². The smallest absolute Gasteiger partial charge is 0.259 e. The van der Waals surface area contributed by atoms with Crippen molar-refractivity contribution in [1.82, 2.24) is 4.98 Å². The van der Waals surface area contributed by atoms with Gasteiger partial charge in [0.15, 0.2) is 0 Å². The maximum atomic E-state index is 13.0. The van der Waals surface area contributed by atoms with E-state index >= 15 is 0 Å². The van der Waals surface area contributed by atoms with E-state index in [1.165, 1.54) is 18.2 Å². The van der Waals surface area contributed by atoms with Gasteiger partial charge in [-0.25, -0.2) is 13.8 Å². The molecule has 1 amide bonds. The van der Waals surface area contributed by atoms with Gasteiger partial charge in [-0.3, -0.25) is 4.79 Å². The second kappa shape index (κ2) is 5.01. The van der Waals surface area contributed by atoms with E-state index in [0.717, 1.165) is 12.3 Å². The standard InChI is InChI=1S/C13H11F2N3O/c1-7-4-8(14)2-3-11(7)18-13(19)10-5-9(15)6-17-12(10)16/h2-6H,1H3,(H2,16,17)(H,18,19). The molecule has 4 nitrogen and oxygen atoms in total. The Morgan fingerprint density at radius 2 is 2.00 bits per heavy atom. The number of halogens is 2. The van der Waals surface area contributed by atoms with Gasteiger partial charge in [-0.15, -0.1) is 0 Å². The number of anilines is 2. The van der Waals surface area contributed by atoms with Crippen LogP contribution < -0.4 is 11.1 Å². The van der Waals surface area contributed by atoms with Gasteiger partial charge < -0.3 is 11.1 Å². The largest absolute Gasteiger partial charge is 0.383 e. The number of carbonyl (C=O) groups excluding carboxylic acids is 1. The normalized spacial score (nSPS) is 10.3. The van der Waals surface area contributed by atoms with E-state index in [4.69, 9.17) is 5.73 Å². The van der Waals surface area contributed by atoms with Crippen molar-refractivity contribution in [2.45, 2.75) is 6.92 Å². The number of hydrogen-bond donors (Lipinski definition) is 2. The molecule has 6 heteroatoms. The van der Waals surface area contributed by atoms with Crippen LogP contribution >= 0.6 is 0 Å². The Bertz CT molecular complexity index is 644. The molecule has 0 saturated carbocycles. The van der Waals surface area contributed by atoms with Gasteiger partial charge in [0.1, 0.15) is 17.5 Å². The first kappa shape index (κ1) is 12.9. The molecule has 3 N–H and O–H groups in total. The SMILES string of the molecule is Cc1cc(F)ccc1NC(=O)c1cc(F)cnc1N. The fourth-order valence-corrected chi connectivity index (χ4v) is 1.59. The molecule has 0 unspecified atom stereocenters. The third-order valence-electron chi connectivity index (χ3n) is 2.57. The maximum absolute atomic E-state index is 13.0. The summed E-state index contributed by atoms with van der Waals surface area (Å²) in [5.74, 6) is -1.73. The molecule has 0 saturated heterocycles. The lowest BCUT2D eigenvalue weighted by atomic mass is 10.1. The summed E-state index contributed by atoms with van der Waals surface area (Å²) in [5.41, 5.74) is 6.42. The molecule has 0 aliphatic heterocycles. The van der Waals surface area contributed by atoms with Gasteiger partial charge in [0.25, 0.3) is 5.91 Å². The van der Waals surface area contributed by atoms with E-state index in [1.807, 2.05) is 0 Å². The number of hydrogen-bond acceptors (Lipinski definition) is 3. The molecular weight excluding hydrogens is 252 g/mol. The van der Waals surface area contributed by atoms with Crippen molar-refractivity contribution in [3.8, 4) is 0 Å². The van der Waals surface area contributed by atoms with Crippen LogP contribution in [0.25, 0.3) is 0 Å². The summed E-state index contributed by atoms with van der Waals surface area (Å²) in [7, 11) is 0. The van der Waals surface area contributed by atoms with Crippen LogP contribution in [0.5, 0.6) is 0 Å². The van der Waals surface area contributed by atoms with Gasteiger partial charge in [-0.05, 0) is 36.8 Å². The van der Waals surface area contributed by atoms with E-state index in [-0.39, 0.29) is 11.4 Å². The molecular formula is C13H11F2N3O. The van der Waals surface area contributed by atoms with E-state index in [0.29, 0.717) is 11.3 Å². The first-order valence-electron chi connectivity index (χ1n) is 5.46. The molecule has 0 spiro atoms. The van der Waals surface area contributed by atoms with Crippen molar-refractivity contribution >= 4 is 17.4 Å². The fourth-order valence-electron chi connectivity index (χ4n) is 1.59. The van der Waals surface area contributed by atoms with E-state index in [2.05, 4.69) is 10.3 Å². The lowest BCUT2D eigenvalue weighted by molar-refractivity contribution is 0.102. The summed E-state index contributed by atoms with van der Waals surface area (Å²) in [6.07, 6.45) is 0.926. The molecule has 19 heavy (non-hydrogen) atoms. The first-order valence-corrected chi connectivity index (χ1v) is 5.46. The number of nitrogen functional groups attached to an aromatic ring is 1. The Labute approximate surface area is 108 Å². The predicted octanol–water partition coefficient (Wildman–Crippen LogP) is 2.50. The molecule has 1 heterocycles. The molecule has 2 rings (SSSR count). The number of aromatic nitrogens is 1. The molecule has 2 aromatic rings. The molecule has 1 aromatic heterocycles. The van der Waals surface area contributed by atoms with Crippen LogP contribution in [0.2, 0.25) is 0 Å². The molecule has 0 fully saturated rings. The highest BCUT2D eigenvalue weighted by atomic mass is 19.1. The second-order valence-corrected chi connectivity index (χ2v) is 4.00. The summed E-state index contributed by atoms with van der Waals surface area (Å²) in [6, 6.07) is 4.92. The number of benzene rings is 1. The summed E-state index contributed by atoms with van der Waals surface area (Å²) >= 11 is 0. The highest BCUT2D eigenvalue weighted by Crippen LogP contribution is 2.18. The molecule has 1 aromatic carbocycles. The number of nitrogens with zero attached hydrogens (tertiary/aromatic N) is 1. The van der Waals surface area contributed by atoms with Crippen LogP contribution in [0.4, 0.5) is 20.3 Å². The predicted molar refractivity (Wildman–Crippen MR) is 67.7 cm³/mol. The second-order valence-electron chi connectivity index (χ2n) is 4.00. The van der Waals surface area contributed by atoms with E-state index in [1.54, 1.807) is 6.92 Å². The van der Waals surface area contributed by atoms with Gasteiger partial charge >= 0.3 is 0 Å². The minimum atomic E-state index is -0.657. The van der Waals surface area contributed by atoms with Crippen LogP contribution in [0.3, 0.4) is 0 Å². The zero-order valence-electron chi connectivity index (χ0n) is 10.1. The summed E-state index contributed by atoms with van der Waals surface area (Å²) in [4.78, 5) is 15.5. The van der Waals surface area contributed by atoms with Crippen LogP contribution in [0.15, 0.2) is 30.5 Å². The Balaban J connectivity index is 2.28. The summed E-state index contributed by atoms with van der Waals surface area (Å²) in [5, 5.41) is 2.53. The number of amides is 1. The maximum Gasteiger partial charge on any atom is 0.259 e. The average molecular weight is 263 g/mol. The van der Waals surface area contributed by atoms with Crippen LogP contribution in [0.1, 0.15) is 15.9 Å². The summed E-state index contributed by atoms with van der Waals surface area (Å²) in [6.45, 7) is 1.64. The third-order valence-corrected chi connectivity index (χ3v) is 2.57. The Morgan fingerprint density at radius 3 is 2.68 bits per heavy atom. The van der Waals surface area contributed by atoms with Crippen molar-refractivity contribution in [2.75, 3.05) is 11.1 Å². The van der Waals surface area contributed by atoms with Crippen molar-refractivity contribution in [2.24, 2.45) is 0 Å². The van der Waals surface area contributed by atoms with Crippen LogP contribution in [-0.2, 0) is 0 Å². The molecule has 0 bridgehead atoms. The molecule has 0 atom stereocenters. The highest BCUT2D eigenvalue weighted by Gasteiger charge is 2.13. The van der Waals surface area contributed by atoms with Crippen LogP contribution in [0, 0.1) is 18.6 Å². The van der Waals surface area contributed by atoms with Gasteiger partial charge in [-0.2, -0.15) is 0 Å². The number of carbonyl (C=O) groups is 1. The van der Waals surface area contributed by atoms with Crippen molar-refractivity contribution in [3.05, 3.63) is 53.2 Å². The zero-order chi connectivity index (χ0) is 14.0. The summed E-state index contributed by atoms with van der Waals surface area (Å²) < 4.78 is 26.0. The quantitative estimate of drug-likeness (QED) is 0.874. The Morgan fingerprint density at radius 1 is 1.26 bits per heavy atom. The van der Waals surface area contributed by atoms with E-state index in [9.17, 15) is 13.6 Å². The van der Waals surface area contributed by atoms with Gasteiger partial charge in [-0.1, -0.05) is 0 Å². The monoisotopic (exact) mass is 263 g/mol. The molecule has 0 aliphatic rings. The molecule has 0 radical (unpaired) electrons. The Kier molecular flexibility index (Phi) is 3.41. The molecule has 0 aliphatic carbocycles. The minimum Gasteiger partial charge on any atom is -0.383 e. The number of nitrogens with one attached hydrogen (secondary N) is 1. The van der Waals surface area contributed by atoms with Gasteiger partial charge in [0, 0.05) is 5.69 Å². The minimum absolute atomic E-state index is 0.0660. The van der Waals surface area contributed by atoms with E-state index < -0.39 is 17.5 Å². The first-order chi connectivity index (χ1) is 8.97. The zero-order valence-corrected chi connectivity index (χ0v) is 10.1. The van der Waals surface area contributed by atoms with Crippen molar-refractivity contribution in [1.29, 1.82) is 0 Å². The molecule has 98 valence electrons. The highest BCUT2D eigenvalue weighted by molar-refractivity contribution is 6.07. The number of rotatable bonds is 2. The van der Waals surface area contributed by atoms with Crippen LogP contribution in [-0.4, -0.2) is 10.9 Å².